The number of benzene rings is 1. The van der Waals surface area contributed by atoms with Crippen molar-refractivity contribution in [1.29, 1.82) is 0 Å². The monoisotopic (exact) mass is 236 g/mol. The fraction of sp³-hybridized carbons (Fsp3) is 0.250. The molecule has 3 nitrogen and oxygen atoms in total. The predicted octanol–water partition coefficient (Wildman–Crippen LogP) is 1.66. The minimum absolute atomic E-state index is 0.0451. The highest BCUT2D eigenvalue weighted by Crippen LogP contribution is 2.53. The van der Waals surface area contributed by atoms with Crippen LogP contribution >= 0.6 is 0 Å². The van der Waals surface area contributed by atoms with E-state index in [-0.39, 0.29) is 11.6 Å². The van der Waals surface area contributed by atoms with Crippen LogP contribution in [0.25, 0.3) is 0 Å². The van der Waals surface area contributed by atoms with Gasteiger partial charge in [0.25, 0.3) is 0 Å². The largest absolute Gasteiger partial charge is 0.322 e. The maximum atomic E-state index is 13.6. The Morgan fingerprint density at radius 1 is 1.35 bits per heavy atom. The number of amides is 1. The lowest BCUT2D eigenvalue weighted by Gasteiger charge is -2.10. The number of fused-ring (bicyclic) bond motifs is 3. The van der Waals surface area contributed by atoms with E-state index in [4.69, 9.17) is 5.73 Å². The van der Waals surface area contributed by atoms with E-state index in [2.05, 4.69) is 5.32 Å². The molecule has 1 aromatic carbocycles. The number of halogens is 2. The van der Waals surface area contributed by atoms with Crippen molar-refractivity contribution in [3.63, 3.8) is 0 Å². The highest BCUT2D eigenvalue weighted by Gasteiger charge is 2.45. The first kappa shape index (κ1) is 10.4. The first-order chi connectivity index (χ1) is 8.00. The number of nitrogens with two attached hydrogens (primary N) is 1. The van der Waals surface area contributed by atoms with E-state index >= 15 is 0 Å². The molecule has 0 saturated heterocycles. The van der Waals surface area contributed by atoms with Crippen molar-refractivity contribution in [2.24, 2.45) is 5.73 Å². The van der Waals surface area contributed by atoms with Gasteiger partial charge in [-0.1, -0.05) is 5.57 Å². The van der Waals surface area contributed by atoms with Gasteiger partial charge in [-0.3, -0.25) is 4.79 Å². The van der Waals surface area contributed by atoms with Gasteiger partial charge < -0.3 is 11.1 Å². The van der Waals surface area contributed by atoms with Crippen LogP contribution in [0.3, 0.4) is 0 Å². The van der Waals surface area contributed by atoms with E-state index in [1.165, 1.54) is 6.07 Å². The van der Waals surface area contributed by atoms with Crippen LogP contribution in [0.2, 0.25) is 0 Å². The van der Waals surface area contributed by atoms with Gasteiger partial charge in [0, 0.05) is 12.0 Å². The van der Waals surface area contributed by atoms with Gasteiger partial charge in [-0.15, -0.1) is 0 Å². The number of rotatable bonds is 0. The summed E-state index contributed by atoms with van der Waals surface area (Å²) in [6, 6.07) is 1.24. The minimum Gasteiger partial charge on any atom is -0.322 e. The Labute approximate surface area is 96.3 Å². The van der Waals surface area contributed by atoms with Crippen molar-refractivity contribution in [1.82, 2.24) is 0 Å². The van der Waals surface area contributed by atoms with Crippen LogP contribution in [0.1, 0.15) is 18.4 Å². The second-order valence-corrected chi connectivity index (χ2v) is 4.39. The molecule has 0 spiro atoms. The highest BCUT2D eigenvalue weighted by molar-refractivity contribution is 6.01. The standard InChI is InChI=1S/C12H10F2N2O/c1-4-8-6-2-5(13)3-7(14)11(6)16-12(17)10(15)9(4)8/h2-3,8,10H,15H2,1H3,(H,16,17)/t8-,10-/m0/s1. The third-order valence-corrected chi connectivity index (χ3v) is 3.38. The first-order valence-electron chi connectivity index (χ1n) is 5.26. The van der Waals surface area contributed by atoms with Gasteiger partial charge >= 0.3 is 0 Å². The van der Waals surface area contributed by atoms with E-state index in [0.717, 1.165) is 17.2 Å². The highest BCUT2D eigenvalue weighted by atomic mass is 19.1. The maximum Gasteiger partial charge on any atom is 0.245 e. The third kappa shape index (κ3) is 1.32. The van der Waals surface area contributed by atoms with Gasteiger partial charge in [-0.25, -0.2) is 8.78 Å². The Morgan fingerprint density at radius 3 is 2.76 bits per heavy atom. The Bertz CT molecular complexity index is 580. The summed E-state index contributed by atoms with van der Waals surface area (Å²) in [5, 5.41) is 2.41. The molecule has 88 valence electrons. The van der Waals surface area contributed by atoms with E-state index in [1.807, 2.05) is 6.92 Å². The fourth-order valence-corrected chi connectivity index (χ4v) is 2.47. The lowest BCUT2D eigenvalue weighted by Crippen LogP contribution is -2.34. The average Bonchev–Trinajstić information content (AvgIpc) is 2.93. The molecule has 0 radical (unpaired) electrons. The van der Waals surface area contributed by atoms with Crippen molar-refractivity contribution in [3.8, 4) is 0 Å². The van der Waals surface area contributed by atoms with Crippen molar-refractivity contribution in [2.45, 2.75) is 18.9 Å². The second kappa shape index (κ2) is 3.13. The molecule has 0 fully saturated rings. The summed E-state index contributed by atoms with van der Waals surface area (Å²) >= 11 is 0. The van der Waals surface area contributed by atoms with Crippen LogP contribution in [0, 0.1) is 11.6 Å². The first-order valence-corrected chi connectivity index (χ1v) is 5.26. The molecule has 3 N–H and O–H groups in total. The molecule has 0 unspecified atom stereocenters. The molecule has 0 aromatic heterocycles. The smallest absolute Gasteiger partial charge is 0.245 e. The molecule has 2 aliphatic rings. The Morgan fingerprint density at radius 2 is 2.06 bits per heavy atom. The summed E-state index contributed by atoms with van der Waals surface area (Å²) in [6.45, 7) is 1.82. The molecule has 2 atom stereocenters. The number of carbonyl (C=O) groups is 1. The number of allylic oxidation sites excluding steroid dienone is 1. The van der Waals surface area contributed by atoms with Gasteiger partial charge in [-0.2, -0.15) is 0 Å². The molecule has 1 aliphatic heterocycles. The molecule has 5 heteroatoms. The van der Waals surface area contributed by atoms with E-state index < -0.39 is 23.6 Å². The lowest BCUT2D eigenvalue weighted by molar-refractivity contribution is -0.116. The topological polar surface area (TPSA) is 55.1 Å². The molecule has 1 aromatic rings. The van der Waals surface area contributed by atoms with Crippen molar-refractivity contribution >= 4 is 11.6 Å². The number of hydrogen-bond donors (Lipinski definition) is 2. The van der Waals surface area contributed by atoms with Gasteiger partial charge in [0.05, 0.1) is 5.69 Å². The van der Waals surface area contributed by atoms with E-state index in [0.29, 0.717) is 5.56 Å². The fourth-order valence-electron chi connectivity index (χ4n) is 2.47. The Balaban J connectivity index is 2.20. The summed E-state index contributed by atoms with van der Waals surface area (Å²) in [6.07, 6.45) is 0. The van der Waals surface area contributed by atoms with Gasteiger partial charge in [0.15, 0.2) is 0 Å². The number of hydrogen-bond acceptors (Lipinski definition) is 2. The molecule has 3 rings (SSSR count). The zero-order valence-corrected chi connectivity index (χ0v) is 9.05. The Kier molecular flexibility index (Phi) is 1.92. The summed E-state index contributed by atoms with van der Waals surface area (Å²) < 4.78 is 26.8. The molecular weight excluding hydrogens is 226 g/mol. The van der Waals surface area contributed by atoms with Crippen LogP contribution in [-0.2, 0) is 4.79 Å². The zero-order chi connectivity index (χ0) is 12.3. The summed E-state index contributed by atoms with van der Waals surface area (Å²) in [7, 11) is 0. The van der Waals surface area contributed by atoms with Crippen LogP contribution in [0.15, 0.2) is 23.3 Å². The molecule has 1 heterocycles. The number of carbonyl (C=O) groups excluding carboxylic acids is 1. The molecule has 0 saturated carbocycles. The quantitative estimate of drug-likeness (QED) is 0.673. The average molecular weight is 236 g/mol. The molecule has 17 heavy (non-hydrogen) atoms. The van der Waals surface area contributed by atoms with Crippen LogP contribution in [0.5, 0.6) is 0 Å². The maximum absolute atomic E-state index is 13.6. The number of anilines is 1. The lowest BCUT2D eigenvalue weighted by atomic mass is 10.0. The second-order valence-electron chi connectivity index (χ2n) is 4.39. The molecule has 0 bridgehead atoms. The number of nitrogens with one attached hydrogen (secondary N) is 1. The van der Waals surface area contributed by atoms with Crippen LogP contribution < -0.4 is 11.1 Å². The predicted molar refractivity (Wildman–Crippen MR) is 58.4 cm³/mol. The van der Waals surface area contributed by atoms with Crippen LogP contribution in [0.4, 0.5) is 14.5 Å². The zero-order valence-electron chi connectivity index (χ0n) is 9.05. The third-order valence-electron chi connectivity index (χ3n) is 3.38. The van der Waals surface area contributed by atoms with E-state index in [1.54, 1.807) is 0 Å². The van der Waals surface area contributed by atoms with Crippen molar-refractivity contribution in [3.05, 3.63) is 40.5 Å². The van der Waals surface area contributed by atoms with Gasteiger partial charge in [0.2, 0.25) is 5.91 Å². The van der Waals surface area contributed by atoms with Gasteiger partial charge in [-0.05, 0) is 24.1 Å². The molecular formula is C12H10F2N2O. The SMILES string of the molecule is CC1=C2[C@H](N)C(=O)Nc3c(F)cc(F)cc3[C@H]12. The Hall–Kier alpha value is -1.75. The van der Waals surface area contributed by atoms with E-state index in [9.17, 15) is 13.6 Å². The summed E-state index contributed by atoms with van der Waals surface area (Å²) in [5.74, 6) is -2.05. The summed E-state index contributed by atoms with van der Waals surface area (Å²) in [5.41, 5.74) is 7.93. The van der Waals surface area contributed by atoms with Gasteiger partial charge in [0.1, 0.15) is 17.7 Å². The summed E-state index contributed by atoms with van der Waals surface area (Å²) in [4.78, 5) is 11.7. The van der Waals surface area contributed by atoms with Crippen LogP contribution in [-0.4, -0.2) is 11.9 Å². The normalized spacial score (nSPS) is 26.0. The molecule has 1 amide bonds. The van der Waals surface area contributed by atoms with Crippen molar-refractivity contribution < 1.29 is 13.6 Å². The van der Waals surface area contributed by atoms with Crippen molar-refractivity contribution in [2.75, 3.05) is 5.32 Å². The molecule has 1 aliphatic carbocycles. The minimum atomic E-state index is -0.769.